The van der Waals surface area contributed by atoms with Crippen LogP contribution in [0.2, 0.25) is 0 Å². The topological polar surface area (TPSA) is 55.4 Å². The Labute approximate surface area is 127 Å². The Morgan fingerprint density at radius 1 is 1.05 bits per heavy atom. The highest BCUT2D eigenvalue weighted by molar-refractivity contribution is 6.15. The molecule has 0 aromatic heterocycles. The molecule has 0 heterocycles. The summed E-state index contributed by atoms with van der Waals surface area (Å²) in [6.45, 7) is 0.744. The van der Waals surface area contributed by atoms with Crippen molar-refractivity contribution in [1.29, 1.82) is 0 Å². The molecular weight excluding hydrogens is 285 g/mol. The summed E-state index contributed by atoms with van der Waals surface area (Å²) < 4.78 is 17.8. The number of ether oxygens (including phenoxy) is 1. The molecule has 0 fully saturated rings. The molecule has 0 saturated heterocycles. The van der Waals surface area contributed by atoms with E-state index in [-0.39, 0.29) is 22.8 Å². The van der Waals surface area contributed by atoms with Crippen molar-refractivity contribution < 1.29 is 18.7 Å². The van der Waals surface area contributed by atoms with Gasteiger partial charge in [0.05, 0.1) is 12.2 Å². The number of ketones is 1. The van der Waals surface area contributed by atoms with Crippen molar-refractivity contribution in [1.82, 2.24) is 5.32 Å². The predicted molar refractivity (Wildman–Crippen MR) is 80.5 cm³/mol. The molecule has 2 aromatic rings. The molecule has 2 rings (SSSR count). The van der Waals surface area contributed by atoms with Crippen LogP contribution in [-0.2, 0) is 4.74 Å². The van der Waals surface area contributed by atoms with Gasteiger partial charge in [0.25, 0.3) is 5.91 Å². The van der Waals surface area contributed by atoms with Gasteiger partial charge in [-0.2, -0.15) is 0 Å². The number of halogens is 1. The maximum Gasteiger partial charge on any atom is 0.252 e. The Kier molecular flexibility index (Phi) is 5.38. The third-order valence-corrected chi connectivity index (χ3v) is 3.11. The Bertz CT molecular complexity index is 668. The number of carbonyl (C=O) groups is 2. The maximum atomic E-state index is 12.9. The lowest BCUT2D eigenvalue weighted by atomic mass is 9.98. The molecule has 0 aliphatic carbocycles. The third-order valence-electron chi connectivity index (χ3n) is 3.11. The molecule has 0 atom stereocenters. The molecule has 22 heavy (non-hydrogen) atoms. The molecule has 0 radical (unpaired) electrons. The number of rotatable bonds is 6. The quantitative estimate of drug-likeness (QED) is 0.658. The van der Waals surface area contributed by atoms with Gasteiger partial charge in [-0.25, -0.2) is 4.39 Å². The van der Waals surface area contributed by atoms with E-state index in [4.69, 9.17) is 4.74 Å². The van der Waals surface area contributed by atoms with Gasteiger partial charge in [-0.3, -0.25) is 9.59 Å². The smallest absolute Gasteiger partial charge is 0.252 e. The first-order valence-corrected chi connectivity index (χ1v) is 6.80. The second kappa shape index (κ2) is 7.47. The summed E-state index contributed by atoms with van der Waals surface area (Å²) in [5.41, 5.74) is 0.899. The van der Waals surface area contributed by atoms with Crippen molar-refractivity contribution in [2.75, 3.05) is 20.3 Å². The lowest BCUT2D eigenvalue weighted by Crippen LogP contribution is -2.28. The van der Waals surface area contributed by atoms with Crippen molar-refractivity contribution >= 4 is 11.7 Å². The van der Waals surface area contributed by atoms with Crippen LogP contribution in [0.15, 0.2) is 48.5 Å². The van der Waals surface area contributed by atoms with E-state index in [9.17, 15) is 14.0 Å². The third kappa shape index (κ3) is 3.77. The number of methoxy groups -OCH3 is 1. The fourth-order valence-electron chi connectivity index (χ4n) is 2.00. The first-order valence-electron chi connectivity index (χ1n) is 6.80. The molecule has 5 heteroatoms. The minimum absolute atomic E-state index is 0.282. The van der Waals surface area contributed by atoms with Crippen molar-refractivity contribution in [3.63, 3.8) is 0 Å². The molecule has 1 N–H and O–H groups in total. The minimum atomic E-state index is -0.415. The van der Waals surface area contributed by atoms with Crippen LogP contribution in [0.1, 0.15) is 26.3 Å². The minimum Gasteiger partial charge on any atom is -0.383 e. The van der Waals surface area contributed by atoms with Crippen molar-refractivity contribution in [2.45, 2.75) is 0 Å². The zero-order chi connectivity index (χ0) is 15.9. The van der Waals surface area contributed by atoms with E-state index >= 15 is 0 Å². The summed E-state index contributed by atoms with van der Waals surface area (Å²) in [4.78, 5) is 24.6. The van der Waals surface area contributed by atoms with E-state index in [0.717, 1.165) is 0 Å². The van der Waals surface area contributed by atoms with Gasteiger partial charge < -0.3 is 10.1 Å². The van der Waals surface area contributed by atoms with Crippen LogP contribution in [0.4, 0.5) is 4.39 Å². The predicted octanol–water partition coefficient (Wildman–Crippen LogP) is 2.43. The molecule has 0 spiro atoms. The van der Waals surface area contributed by atoms with Gasteiger partial charge in [0, 0.05) is 24.8 Å². The monoisotopic (exact) mass is 301 g/mol. The molecule has 1 amide bonds. The van der Waals surface area contributed by atoms with Crippen molar-refractivity contribution in [3.05, 3.63) is 71.0 Å². The molecule has 4 nitrogen and oxygen atoms in total. The number of benzene rings is 2. The first-order chi connectivity index (χ1) is 10.6. The highest BCUT2D eigenvalue weighted by atomic mass is 19.1. The number of amides is 1. The standard InChI is InChI=1S/C17H16FNO3/c1-22-11-10-19-17(21)15-5-3-2-4-14(15)16(20)12-6-8-13(18)9-7-12/h2-9H,10-11H2,1H3,(H,19,21). The van der Waals surface area contributed by atoms with Crippen LogP contribution in [0.25, 0.3) is 0 Å². The highest BCUT2D eigenvalue weighted by Crippen LogP contribution is 2.15. The van der Waals surface area contributed by atoms with Crippen LogP contribution in [0.3, 0.4) is 0 Å². The van der Waals surface area contributed by atoms with E-state index in [1.807, 2.05) is 0 Å². The SMILES string of the molecule is COCCNC(=O)c1ccccc1C(=O)c1ccc(F)cc1. The lowest BCUT2D eigenvalue weighted by Gasteiger charge is -2.09. The maximum absolute atomic E-state index is 12.9. The summed E-state index contributed by atoms with van der Waals surface area (Å²) in [6, 6.07) is 11.8. The van der Waals surface area contributed by atoms with Gasteiger partial charge in [-0.1, -0.05) is 18.2 Å². The summed E-state index contributed by atoms with van der Waals surface area (Å²) in [5.74, 6) is -1.08. The van der Waals surface area contributed by atoms with Crippen LogP contribution in [-0.4, -0.2) is 32.0 Å². The first kappa shape index (κ1) is 15.9. The molecular formula is C17H16FNO3. The summed E-state index contributed by atoms with van der Waals surface area (Å²) in [5, 5.41) is 2.68. The van der Waals surface area contributed by atoms with Gasteiger partial charge in [-0.05, 0) is 30.3 Å². The highest BCUT2D eigenvalue weighted by Gasteiger charge is 2.17. The molecule has 0 aliphatic rings. The summed E-state index contributed by atoms with van der Waals surface area (Å²) >= 11 is 0. The van der Waals surface area contributed by atoms with Crippen LogP contribution < -0.4 is 5.32 Å². The molecule has 0 bridgehead atoms. The van der Waals surface area contributed by atoms with Crippen molar-refractivity contribution in [3.8, 4) is 0 Å². The average molecular weight is 301 g/mol. The van der Waals surface area contributed by atoms with Gasteiger partial charge >= 0.3 is 0 Å². The zero-order valence-electron chi connectivity index (χ0n) is 12.1. The van der Waals surface area contributed by atoms with Crippen molar-refractivity contribution in [2.24, 2.45) is 0 Å². The van der Waals surface area contributed by atoms with Gasteiger partial charge in [0.2, 0.25) is 0 Å². The fourth-order valence-corrected chi connectivity index (χ4v) is 2.00. The van der Waals surface area contributed by atoms with E-state index in [0.29, 0.717) is 18.7 Å². The lowest BCUT2D eigenvalue weighted by molar-refractivity contribution is 0.0927. The van der Waals surface area contributed by atoms with Gasteiger partial charge in [-0.15, -0.1) is 0 Å². The Hall–Kier alpha value is -2.53. The molecule has 0 saturated carbocycles. The Balaban J connectivity index is 2.25. The fraction of sp³-hybridized carbons (Fsp3) is 0.176. The largest absolute Gasteiger partial charge is 0.383 e. The molecule has 0 aliphatic heterocycles. The number of hydrogen-bond donors (Lipinski definition) is 1. The normalized spacial score (nSPS) is 10.3. The molecule has 114 valence electrons. The number of hydrogen-bond acceptors (Lipinski definition) is 3. The average Bonchev–Trinajstić information content (AvgIpc) is 2.55. The summed E-state index contributed by atoms with van der Waals surface area (Å²) in [7, 11) is 1.54. The number of nitrogens with one attached hydrogen (secondary N) is 1. The summed E-state index contributed by atoms with van der Waals surface area (Å²) in [6.07, 6.45) is 0. The Morgan fingerprint density at radius 3 is 2.32 bits per heavy atom. The van der Waals surface area contributed by atoms with E-state index in [2.05, 4.69) is 5.32 Å². The molecule has 2 aromatic carbocycles. The van der Waals surface area contributed by atoms with Gasteiger partial charge in [0.15, 0.2) is 5.78 Å². The zero-order valence-corrected chi connectivity index (χ0v) is 12.1. The van der Waals surface area contributed by atoms with Crippen LogP contribution >= 0.6 is 0 Å². The van der Waals surface area contributed by atoms with E-state index in [1.165, 1.54) is 31.4 Å². The van der Waals surface area contributed by atoms with Crippen LogP contribution in [0.5, 0.6) is 0 Å². The van der Waals surface area contributed by atoms with E-state index in [1.54, 1.807) is 24.3 Å². The number of carbonyl (C=O) groups excluding carboxylic acids is 2. The second-order valence-corrected chi connectivity index (χ2v) is 4.63. The van der Waals surface area contributed by atoms with E-state index < -0.39 is 5.82 Å². The van der Waals surface area contributed by atoms with Crippen LogP contribution in [0, 0.1) is 5.82 Å². The van der Waals surface area contributed by atoms with Gasteiger partial charge in [0.1, 0.15) is 5.82 Å². The molecule has 0 unspecified atom stereocenters. The second-order valence-electron chi connectivity index (χ2n) is 4.63. The Morgan fingerprint density at radius 2 is 1.68 bits per heavy atom.